The average molecular weight is 348 g/mol. The number of thiazole rings is 1. The summed E-state index contributed by atoms with van der Waals surface area (Å²) in [6.07, 6.45) is 1.52. The van der Waals surface area contributed by atoms with Crippen molar-refractivity contribution in [2.45, 2.75) is 43.7 Å². The number of benzene rings is 1. The topological polar surface area (TPSA) is 51.2 Å². The predicted molar refractivity (Wildman–Crippen MR) is 94.3 cm³/mol. The molecule has 0 fully saturated rings. The summed E-state index contributed by atoms with van der Waals surface area (Å²) in [7, 11) is 0. The smallest absolute Gasteiger partial charge is 0.226 e. The quantitative estimate of drug-likeness (QED) is 0.813. The van der Waals surface area contributed by atoms with Gasteiger partial charge >= 0.3 is 0 Å². The minimum atomic E-state index is 0.00784. The van der Waals surface area contributed by atoms with Crippen molar-refractivity contribution in [2.75, 3.05) is 5.75 Å². The van der Waals surface area contributed by atoms with Crippen molar-refractivity contribution < 1.29 is 9.53 Å². The summed E-state index contributed by atoms with van der Waals surface area (Å²) >= 11 is 3.31. The highest BCUT2D eigenvalue weighted by Crippen LogP contribution is 2.29. The summed E-state index contributed by atoms with van der Waals surface area (Å²) < 4.78 is 6.72. The van der Waals surface area contributed by atoms with Gasteiger partial charge in [0.05, 0.1) is 12.1 Å². The van der Waals surface area contributed by atoms with E-state index in [9.17, 15) is 4.79 Å². The van der Waals surface area contributed by atoms with E-state index in [1.807, 2.05) is 17.5 Å². The molecular weight excluding hydrogens is 328 g/mol. The number of nitrogens with zero attached hydrogens (tertiary/aromatic N) is 1. The lowest BCUT2D eigenvalue weighted by Crippen LogP contribution is -2.24. The standard InChI is InChI=1S/C17H20N2O2S2/c1-3-22-17-19-14(10-23-17)8-16(20)18-9-12-4-5-15-13(7-12)6-11(2)21-15/h4-5,7,10-11H,3,6,8-9H2,1-2H3,(H,18,20). The van der Waals surface area contributed by atoms with Crippen LogP contribution in [-0.4, -0.2) is 22.7 Å². The van der Waals surface area contributed by atoms with E-state index in [4.69, 9.17) is 4.74 Å². The highest BCUT2D eigenvalue weighted by molar-refractivity contribution is 8.00. The van der Waals surface area contributed by atoms with Gasteiger partial charge in [0.15, 0.2) is 0 Å². The molecule has 2 heterocycles. The molecule has 1 aliphatic rings. The van der Waals surface area contributed by atoms with E-state index in [1.54, 1.807) is 23.1 Å². The maximum atomic E-state index is 12.1. The number of hydrogen-bond donors (Lipinski definition) is 1. The molecule has 1 aliphatic heterocycles. The highest BCUT2D eigenvalue weighted by Gasteiger charge is 2.18. The van der Waals surface area contributed by atoms with Gasteiger partial charge in [0.1, 0.15) is 16.2 Å². The van der Waals surface area contributed by atoms with Crippen LogP contribution in [0.1, 0.15) is 30.7 Å². The molecule has 23 heavy (non-hydrogen) atoms. The number of thioether (sulfide) groups is 1. The molecule has 1 N–H and O–H groups in total. The van der Waals surface area contributed by atoms with Crippen LogP contribution in [0.4, 0.5) is 0 Å². The Morgan fingerprint density at radius 1 is 1.52 bits per heavy atom. The van der Waals surface area contributed by atoms with Crippen molar-refractivity contribution in [3.63, 3.8) is 0 Å². The zero-order valence-electron chi connectivity index (χ0n) is 13.3. The lowest BCUT2D eigenvalue weighted by atomic mass is 10.1. The van der Waals surface area contributed by atoms with Crippen LogP contribution in [0, 0.1) is 0 Å². The van der Waals surface area contributed by atoms with Crippen molar-refractivity contribution in [3.05, 3.63) is 40.4 Å². The number of ether oxygens (including phenoxy) is 1. The first-order chi connectivity index (χ1) is 11.1. The molecule has 0 aliphatic carbocycles. The first-order valence-electron chi connectivity index (χ1n) is 7.76. The van der Waals surface area contributed by atoms with E-state index in [-0.39, 0.29) is 12.0 Å². The summed E-state index contributed by atoms with van der Waals surface area (Å²) in [5.41, 5.74) is 3.18. The molecule has 1 amide bonds. The van der Waals surface area contributed by atoms with E-state index in [1.165, 1.54) is 5.56 Å². The van der Waals surface area contributed by atoms with Gasteiger partial charge in [0.25, 0.3) is 0 Å². The van der Waals surface area contributed by atoms with Gasteiger partial charge in [-0.25, -0.2) is 4.98 Å². The van der Waals surface area contributed by atoms with Gasteiger partial charge in [0.2, 0.25) is 5.91 Å². The molecule has 0 saturated carbocycles. The zero-order chi connectivity index (χ0) is 16.2. The van der Waals surface area contributed by atoms with Crippen LogP contribution in [-0.2, 0) is 24.2 Å². The Balaban J connectivity index is 1.52. The Morgan fingerprint density at radius 3 is 3.22 bits per heavy atom. The molecule has 2 aromatic rings. The Kier molecular flexibility index (Phi) is 5.23. The largest absolute Gasteiger partial charge is 0.490 e. The number of nitrogens with one attached hydrogen (secondary N) is 1. The average Bonchev–Trinajstić information content (AvgIpc) is 3.10. The fourth-order valence-electron chi connectivity index (χ4n) is 2.57. The highest BCUT2D eigenvalue weighted by atomic mass is 32.2. The molecule has 6 heteroatoms. The van der Waals surface area contributed by atoms with E-state index >= 15 is 0 Å². The summed E-state index contributed by atoms with van der Waals surface area (Å²) in [5.74, 6) is 1.98. The molecule has 1 aromatic carbocycles. The van der Waals surface area contributed by atoms with Crippen molar-refractivity contribution in [1.82, 2.24) is 10.3 Å². The van der Waals surface area contributed by atoms with Crippen LogP contribution in [0.3, 0.4) is 0 Å². The number of hydrogen-bond acceptors (Lipinski definition) is 5. The molecule has 0 bridgehead atoms. The van der Waals surface area contributed by atoms with Gasteiger partial charge in [-0.1, -0.05) is 30.8 Å². The van der Waals surface area contributed by atoms with Crippen molar-refractivity contribution in [3.8, 4) is 5.75 Å². The molecule has 1 aromatic heterocycles. The molecular formula is C17H20N2O2S2. The van der Waals surface area contributed by atoms with Crippen LogP contribution in [0.25, 0.3) is 0 Å². The normalized spacial score (nSPS) is 16.0. The van der Waals surface area contributed by atoms with Crippen LogP contribution in [0.15, 0.2) is 27.9 Å². The maximum Gasteiger partial charge on any atom is 0.226 e. The molecule has 1 unspecified atom stereocenters. The van der Waals surface area contributed by atoms with Crippen molar-refractivity contribution in [1.29, 1.82) is 0 Å². The Labute approximate surface area is 144 Å². The molecule has 0 saturated heterocycles. The molecule has 1 atom stereocenters. The number of carbonyl (C=O) groups is 1. The van der Waals surface area contributed by atoms with Crippen LogP contribution >= 0.6 is 23.1 Å². The summed E-state index contributed by atoms with van der Waals surface area (Å²) in [6, 6.07) is 6.13. The van der Waals surface area contributed by atoms with Crippen LogP contribution in [0.5, 0.6) is 5.75 Å². The molecule has 0 radical (unpaired) electrons. The number of amides is 1. The third kappa shape index (κ3) is 4.26. The third-order valence-corrected chi connectivity index (χ3v) is 5.54. The Bertz CT molecular complexity index is 700. The van der Waals surface area contributed by atoms with Gasteiger partial charge in [-0.2, -0.15) is 0 Å². The minimum absolute atomic E-state index is 0.00784. The second-order valence-electron chi connectivity index (χ2n) is 5.57. The molecule has 0 spiro atoms. The summed E-state index contributed by atoms with van der Waals surface area (Å²) in [6.45, 7) is 4.71. The second-order valence-corrected chi connectivity index (χ2v) is 7.94. The number of carbonyl (C=O) groups excluding carboxylic acids is 1. The second kappa shape index (κ2) is 7.36. The van der Waals surface area contributed by atoms with Gasteiger partial charge in [-0.3, -0.25) is 4.79 Å². The lowest BCUT2D eigenvalue weighted by Gasteiger charge is -2.06. The number of aromatic nitrogens is 1. The predicted octanol–water partition coefficient (Wildman–Crippen LogP) is 3.44. The molecule has 4 nitrogen and oxygen atoms in total. The van der Waals surface area contributed by atoms with Gasteiger partial charge in [0, 0.05) is 18.3 Å². The third-order valence-electron chi connectivity index (χ3n) is 3.59. The maximum absolute atomic E-state index is 12.1. The SMILES string of the molecule is CCSc1nc(CC(=O)NCc2ccc3c(c2)CC(C)O3)cs1. The number of fused-ring (bicyclic) bond motifs is 1. The van der Waals surface area contributed by atoms with Crippen LogP contribution in [0.2, 0.25) is 0 Å². The van der Waals surface area contributed by atoms with E-state index in [2.05, 4.69) is 30.2 Å². The Morgan fingerprint density at radius 2 is 2.39 bits per heavy atom. The fraction of sp³-hybridized carbons (Fsp3) is 0.412. The van der Waals surface area contributed by atoms with Crippen molar-refractivity contribution in [2.24, 2.45) is 0 Å². The summed E-state index contributed by atoms with van der Waals surface area (Å²) in [4.78, 5) is 16.5. The number of rotatable bonds is 6. The zero-order valence-corrected chi connectivity index (χ0v) is 14.9. The minimum Gasteiger partial charge on any atom is -0.490 e. The first-order valence-corrected chi connectivity index (χ1v) is 9.63. The van der Waals surface area contributed by atoms with E-state index < -0.39 is 0 Å². The van der Waals surface area contributed by atoms with E-state index in [0.29, 0.717) is 13.0 Å². The van der Waals surface area contributed by atoms with Gasteiger partial charge in [-0.15, -0.1) is 11.3 Å². The van der Waals surface area contributed by atoms with Gasteiger partial charge < -0.3 is 10.1 Å². The van der Waals surface area contributed by atoms with Gasteiger partial charge in [-0.05, 0) is 29.9 Å². The van der Waals surface area contributed by atoms with E-state index in [0.717, 1.165) is 33.5 Å². The molecule has 3 rings (SSSR count). The summed E-state index contributed by atoms with van der Waals surface area (Å²) in [5, 5.41) is 4.93. The lowest BCUT2D eigenvalue weighted by molar-refractivity contribution is -0.120. The first kappa shape index (κ1) is 16.3. The molecule has 122 valence electrons. The fourth-order valence-corrected chi connectivity index (χ4v) is 4.31. The van der Waals surface area contributed by atoms with Crippen molar-refractivity contribution >= 4 is 29.0 Å². The Hall–Kier alpha value is -1.53. The monoisotopic (exact) mass is 348 g/mol. The van der Waals surface area contributed by atoms with Crippen LogP contribution < -0.4 is 10.1 Å².